The van der Waals surface area contributed by atoms with Crippen molar-refractivity contribution in [2.75, 3.05) is 37.4 Å². The molecule has 1 saturated heterocycles. The lowest BCUT2D eigenvalue weighted by Crippen LogP contribution is -2.35. The maximum absolute atomic E-state index is 13.0. The van der Waals surface area contributed by atoms with E-state index in [2.05, 4.69) is 10.2 Å². The number of aromatic nitrogens is 1. The van der Waals surface area contributed by atoms with Gasteiger partial charge in [-0.15, -0.1) is 11.3 Å². The van der Waals surface area contributed by atoms with Crippen molar-refractivity contribution >= 4 is 54.8 Å². The number of nitrogens with zero attached hydrogens (tertiary/aromatic N) is 3. The van der Waals surface area contributed by atoms with Gasteiger partial charge in [-0.3, -0.25) is 9.59 Å². The van der Waals surface area contributed by atoms with Gasteiger partial charge in [-0.05, 0) is 49.1 Å². The second kappa shape index (κ2) is 8.69. The van der Waals surface area contributed by atoms with E-state index in [0.717, 1.165) is 40.6 Å². The van der Waals surface area contributed by atoms with Crippen LogP contribution in [0.1, 0.15) is 28.9 Å². The number of piperidine rings is 1. The zero-order valence-corrected chi connectivity index (χ0v) is 18.5. The number of benzene rings is 1. The minimum Gasteiger partial charge on any atom is -0.349 e. The van der Waals surface area contributed by atoms with Crippen LogP contribution in [0, 0.1) is 11.7 Å². The minimum absolute atomic E-state index is 0.189. The second-order valence-corrected chi connectivity index (χ2v) is 9.70. The highest BCUT2D eigenvalue weighted by Gasteiger charge is 2.24. The summed E-state index contributed by atoms with van der Waals surface area (Å²) in [6.07, 6.45) is 2.58. The topological polar surface area (TPSA) is 65.5 Å². The van der Waals surface area contributed by atoms with Crippen molar-refractivity contribution in [3.05, 3.63) is 41.0 Å². The van der Waals surface area contributed by atoms with Crippen LogP contribution in [-0.4, -0.2) is 48.9 Å². The van der Waals surface area contributed by atoms with Crippen LogP contribution in [0.4, 0.5) is 15.2 Å². The fourth-order valence-electron chi connectivity index (χ4n) is 3.45. The van der Waals surface area contributed by atoms with Crippen LogP contribution in [0.15, 0.2) is 30.3 Å². The third-order valence-electron chi connectivity index (χ3n) is 5.25. The van der Waals surface area contributed by atoms with Crippen molar-refractivity contribution < 1.29 is 14.0 Å². The summed E-state index contributed by atoms with van der Waals surface area (Å²) in [6.45, 7) is 1.79. The smallest absolute Gasteiger partial charge is 0.265 e. The summed E-state index contributed by atoms with van der Waals surface area (Å²) >= 11 is 2.95. The van der Waals surface area contributed by atoms with E-state index in [0.29, 0.717) is 22.9 Å². The van der Waals surface area contributed by atoms with Crippen molar-refractivity contribution in [1.29, 1.82) is 0 Å². The van der Waals surface area contributed by atoms with E-state index in [1.54, 1.807) is 30.3 Å². The van der Waals surface area contributed by atoms with Crippen LogP contribution < -0.4 is 10.2 Å². The lowest BCUT2D eigenvalue weighted by atomic mass is 9.93. The molecule has 2 amide bonds. The second-order valence-electron chi connectivity index (χ2n) is 7.66. The Morgan fingerprint density at radius 3 is 2.53 bits per heavy atom. The molecular weight excluding hydrogens is 423 g/mol. The lowest BCUT2D eigenvalue weighted by molar-refractivity contribution is -0.129. The highest BCUT2D eigenvalue weighted by molar-refractivity contribution is 7.29. The van der Waals surface area contributed by atoms with Crippen molar-refractivity contribution in [3.8, 4) is 0 Å². The Morgan fingerprint density at radius 1 is 1.20 bits per heavy atom. The van der Waals surface area contributed by atoms with Crippen molar-refractivity contribution in [3.63, 3.8) is 0 Å². The molecule has 1 aromatic carbocycles. The number of carbonyl (C=O) groups excluding carboxylic acids is 2. The summed E-state index contributed by atoms with van der Waals surface area (Å²) < 4.78 is 14.0. The van der Waals surface area contributed by atoms with E-state index in [1.165, 1.54) is 35.6 Å². The predicted octanol–water partition coefficient (Wildman–Crippen LogP) is 4.44. The van der Waals surface area contributed by atoms with Gasteiger partial charge in [0, 0.05) is 39.3 Å². The highest BCUT2D eigenvalue weighted by atomic mass is 32.1. The van der Waals surface area contributed by atoms with Gasteiger partial charge in [-0.25, -0.2) is 9.37 Å². The predicted molar refractivity (Wildman–Crippen MR) is 120 cm³/mol. The quantitative estimate of drug-likeness (QED) is 0.629. The van der Waals surface area contributed by atoms with Gasteiger partial charge in [0.25, 0.3) is 5.91 Å². The summed E-state index contributed by atoms with van der Waals surface area (Å²) in [5.41, 5.74) is 0.558. The molecule has 9 heteroatoms. The Labute approximate surface area is 182 Å². The Balaban J connectivity index is 1.37. The zero-order chi connectivity index (χ0) is 21.3. The molecule has 0 spiro atoms. The Bertz CT molecular complexity index is 1020. The first kappa shape index (κ1) is 20.7. The molecule has 30 heavy (non-hydrogen) atoms. The lowest BCUT2D eigenvalue weighted by Gasteiger charge is -2.31. The monoisotopic (exact) mass is 446 g/mol. The molecule has 3 heterocycles. The largest absolute Gasteiger partial charge is 0.349 e. The SMILES string of the molecule is CN(C)C(=O)CC1CCN(c2nc3sc(C(=O)Nc4ccc(F)cc4)cc3s2)CC1. The number of anilines is 2. The van der Waals surface area contributed by atoms with E-state index >= 15 is 0 Å². The average molecular weight is 447 g/mol. The van der Waals surface area contributed by atoms with Gasteiger partial charge in [-0.1, -0.05) is 11.3 Å². The minimum atomic E-state index is -0.338. The third kappa shape index (κ3) is 4.62. The molecule has 1 fully saturated rings. The molecule has 158 valence electrons. The number of hydrogen-bond acceptors (Lipinski definition) is 6. The molecule has 6 nitrogen and oxygen atoms in total. The molecule has 0 saturated carbocycles. The van der Waals surface area contributed by atoms with Gasteiger partial charge in [0.05, 0.1) is 9.58 Å². The molecule has 0 radical (unpaired) electrons. The van der Waals surface area contributed by atoms with Gasteiger partial charge in [-0.2, -0.15) is 0 Å². The number of rotatable bonds is 5. The molecule has 0 unspecified atom stereocenters. The summed E-state index contributed by atoms with van der Waals surface area (Å²) in [5, 5.41) is 3.75. The first-order valence-corrected chi connectivity index (χ1v) is 11.4. The fraction of sp³-hybridized carbons (Fsp3) is 0.381. The van der Waals surface area contributed by atoms with Crippen molar-refractivity contribution in [1.82, 2.24) is 9.88 Å². The Morgan fingerprint density at radius 2 is 1.90 bits per heavy atom. The van der Waals surface area contributed by atoms with Crippen LogP contribution >= 0.6 is 22.7 Å². The van der Waals surface area contributed by atoms with Crippen LogP contribution in [0.2, 0.25) is 0 Å². The summed E-state index contributed by atoms with van der Waals surface area (Å²) in [4.78, 5) is 34.5. The van der Waals surface area contributed by atoms with Gasteiger partial charge in [0.2, 0.25) is 5.91 Å². The normalized spacial score (nSPS) is 14.8. The van der Waals surface area contributed by atoms with E-state index in [-0.39, 0.29) is 17.6 Å². The Hall–Kier alpha value is -2.52. The van der Waals surface area contributed by atoms with Crippen LogP contribution in [0.5, 0.6) is 0 Å². The Kier molecular flexibility index (Phi) is 6.01. The van der Waals surface area contributed by atoms with Crippen LogP contribution in [-0.2, 0) is 4.79 Å². The molecular formula is C21H23FN4O2S2. The number of halogens is 1. The van der Waals surface area contributed by atoms with Gasteiger partial charge in [0.1, 0.15) is 10.6 Å². The standard InChI is InChI=1S/C21H23FN4O2S2/c1-25(2)18(27)11-13-7-9-26(10-8-13)21-24-20-17(30-21)12-16(29-20)19(28)23-15-5-3-14(22)4-6-15/h3-6,12-13H,7-11H2,1-2H3,(H,23,28). The van der Waals surface area contributed by atoms with Gasteiger partial charge < -0.3 is 15.1 Å². The van der Waals surface area contributed by atoms with Crippen molar-refractivity contribution in [2.24, 2.45) is 5.92 Å². The van der Waals surface area contributed by atoms with E-state index in [1.807, 2.05) is 6.07 Å². The molecule has 1 aliphatic heterocycles. The van der Waals surface area contributed by atoms with Crippen LogP contribution in [0.3, 0.4) is 0 Å². The summed E-state index contributed by atoms with van der Waals surface area (Å²) in [6, 6.07) is 7.57. The number of nitrogens with one attached hydrogen (secondary N) is 1. The van der Waals surface area contributed by atoms with E-state index in [9.17, 15) is 14.0 Å². The first-order chi connectivity index (χ1) is 14.4. The number of thiazole rings is 1. The molecule has 0 bridgehead atoms. The van der Waals surface area contributed by atoms with Gasteiger partial charge >= 0.3 is 0 Å². The maximum Gasteiger partial charge on any atom is 0.265 e. The molecule has 2 aromatic heterocycles. The third-order valence-corrected chi connectivity index (χ3v) is 7.47. The van der Waals surface area contributed by atoms with E-state index in [4.69, 9.17) is 4.98 Å². The number of thiophene rings is 1. The summed E-state index contributed by atoms with van der Waals surface area (Å²) in [5.74, 6) is 0.0630. The number of carbonyl (C=O) groups is 2. The molecule has 0 aliphatic carbocycles. The highest BCUT2D eigenvalue weighted by Crippen LogP contribution is 2.36. The van der Waals surface area contributed by atoms with E-state index < -0.39 is 0 Å². The number of fused-ring (bicyclic) bond motifs is 1. The zero-order valence-electron chi connectivity index (χ0n) is 16.9. The van der Waals surface area contributed by atoms with Crippen LogP contribution in [0.25, 0.3) is 9.53 Å². The molecule has 0 atom stereocenters. The number of hydrogen-bond donors (Lipinski definition) is 1. The maximum atomic E-state index is 13.0. The van der Waals surface area contributed by atoms with Gasteiger partial charge in [0.15, 0.2) is 5.13 Å². The average Bonchev–Trinajstić information content (AvgIpc) is 3.29. The molecule has 3 aromatic rings. The molecule has 4 rings (SSSR count). The summed E-state index contributed by atoms with van der Waals surface area (Å²) in [7, 11) is 3.60. The number of amides is 2. The molecule has 1 N–H and O–H groups in total. The van der Waals surface area contributed by atoms with Crippen molar-refractivity contribution in [2.45, 2.75) is 19.3 Å². The molecule has 1 aliphatic rings. The first-order valence-electron chi connectivity index (χ1n) is 9.81. The fourth-order valence-corrected chi connectivity index (χ4v) is 5.61.